The topological polar surface area (TPSA) is 72.6 Å². The Balaban J connectivity index is 0.00000225. The van der Waals surface area contributed by atoms with Gasteiger partial charge in [-0.05, 0) is 31.9 Å². The number of benzene rings is 2. The van der Waals surface area contributed by atoms with Gasteiger partial charge in [0.25, 0.3) is 0 Å². The van der Waals surface area contributed by atoms with Crippen molar-refractivity contribution in [3.8, 4) is 5.75 Å². The number of rotatable bonds is 4. The molecule has 2 unspecified atom stereocenters. The lowest BCUT2D eigenvalue weighted by atomic mass is 10.00. The predicted molar refractivity (Wildman–Crippen MR) is 103 cm³/mol. The van der Waals surface area contributed by atoms with Crippen molar-refractivity contribution < 1.29 is 13.2 Å². The summed E-state index contributed by atoms with van der Waals surface area (Å²) in [4.78, 5) is 0.325. The van der Waals surface area contributed by atoms with Gasteiger partial charge in [0, 0.05) is 29.4 Å². The molecule has 1 aliphatic heterocycles. The van der Waals surface area contributed by atoms with Gasteiger partial charge in [0.15, 0.2) is 0 Å². The van der Waals surface area contributed by atoms with Crippen LogP contribution in [0.2, 0.25) is 0 Å². The third-order valence-electron chi connectivity index (χ3n) is 4.76. The molecule has 0 radical (unpaired) electrons. The maximum absolute atomic E-state index is 13.3. The van der Waals surface area contributed by atoms with E-state index in [1.165, 1.54) is 0 Å². The number of hydrogen-bond donors (Lipinski definition) is 1. The van der Waals surface area contributed by atoms with Gasteiger partial charge in [-0.3, -0.25) is 0 Å². The van der Waals surface area contributed by atoms with E-state index in [4.69, 9.17) is 10.5 Å². The van der Waals surface area contributed by atoms with Gasteiger partial charge < -0.3 is 10.5 Å². The van der Waals surface area contributed by atoms with Crippen molar-refractivity contribution in [3.63, 3.8) is 0 Å². The van der Waals surface area contributed by atoms with Crippen molar-refractivity contribution >= 4 is 33.2 Å². The van der Waals surface area contributed by atoms with Crippen LogP contribution in [0.5, 0.6) is 5.75 Å². The number of nitrogens with two attached hydrogens (primary N) is 1. The van der Waals surface area contributed by atoms with Gasteiger partial charge in [0.1, 0.15) is 5.75 Å². The van der Waals surface area contributed by atoms with Crippen LogP contribution < -0.4 is 10.5 Å². The Morgan fingerprint density at radius 3 is 2.48 bits per heavy atom. The molecule has 1 heterocycles. The van der Waals surface area contributed by atoms with Crippen LogP contribution in [0.15, 0.2) is 41.3 Å². The summed E-state index contributed by atoms with van der Waals surface area (Å²) < 4.78 is 33.7. The monoisotopic (exact) mass is 384 g/mol. The standard InChI is InChI=1S/C18H24N2O3S.ClH/c1-13(19)16-9-5-6-12-20(16)24(21,22)18-11-10-17(23-2)14-7-3-4-8-15(14)18;/h3-4,7-8,10-11,13,16H,5-6,9,12,19H2,1-2H3;1H. The molecule has 1 saturated heterocycles. The highest BCUT2D eigenvalue weighted by molar-refractivity contribution is 7.89. The molecule has 1 fully saturated rings. The zero-order valence-electron chi connectivity index (χ0n) is 14.5. The van der Waals surface area contributed by atoms with E-state index in [9.17, 15) is 8.42 Å². The van der Waals surface area contributed by atoms with Crippen molar-refractivity contribution in [1.29, 1.82) is 0 Å². The Kier molecular flexibility index (Phi) is 6.32. The highest BCUT2D eigenvalue weighted by Gasteiger charge is 2.36. The Bertz CT molecular complexity index is 839. The Hall–Kier alpha value is -1.34. The molecule has 2 aromatic rings. The number of ether oxygens (including phenoxy) is 1. The molecule has 0 bridgehead atoms. The Morgan fingerprint density at radius 2 is 1.84 bits per heavy atom. The SMILES string of the molecule is COc1ccc(S(=O)(=O)N2CCCCC2C(C)N)c2ccccc12.Cl. The van der Waals surface area contributed by atoms with Gasteiger partial charge in [-0.1, -0.05) is 30.7 Å². The van der Waals surface area contributed by atoms with Crippen LogP contribution in [-0.4, -0.2) is 38.5 Å². The molecule has 1 aliphatic rings. The van der Waals surface area contributed by atoms with Crippen molar-refractivity contribution in [2.24, 2.45) is 5.73 Å². The second-order valence-electron chi connectivity index (χ2n) is 6.35. The zero-order chi connectivity index (χ0) is 17.3. The quantitative estimate of drug-likeness (QED) is 0.878. The van der Waals surface area contributed by atoms with Crippen molar-refractivity contribution in [2.45, 2.75) is 43.2 Å². The summed E-state index contributed by atoms with van der Waals surface area (Å²) in [5.74, 6) is 0.673. The van der Waals surface area contributed by atoms with Crippen molar-refractivity contribution in [3.05, 3.63) is 36.4 Å². The molecule has 0 amide bonds. The van der Waals surface area contributed by atoms with Crippen LogP contribution in [0.25, 0.3) is 10.8 Å². The summed E-state index contributed by atoms with van der Waals surface area (Å²) in [6.07, 6.45) is 2.70. The van der Waals surface area contributed by atoms with Crippen molar-refractivity contribution in [2.75, 3.05) is 13.7 Å². The molecule has 0 saturated carbocycles. The smallest absolute Gasteiger partial charge is 0.243 e. The van der Waals surface area contributed by atoms with E-state index in [1.54, 1.807) is 23.5 Å². The van der Waals surface area contributed by atoms with Gasteiger partial charge in [0.05, 0.1) is 12.0 Å². The number of hydrogen-bond acceptors (Lipinski definition) is 4. The average Bonchev–Trinajstić information content (AvgIpc) is 2.60. The second kappa shape index (κ2) is 7.91. The average molecular weight is 385 g/mol. The summed E-state index contributed by atoms with van der Waals surface area (Å²) >= 11 is 0. The first-order valence-corrected chi connectivity index (χ1v) is 9.74. The molecule has 138 valence electrons. The number of fused-ring (bicyclic) bond motifs is 1. The first-order chi connectivity index (χ1) is 11.5. The first-order valence-electron chi connectivity index (χ1n) is 8.30. The molecule has 0 aliphatic carbocycles. The Morgan fingerprint density at radius 1 is 1.16 bits per heavy atom. The van der Waals surface area contributed by atoms with E-state index in [0.29, 0.717) is 22.6 Å². The van der Waals surface area contributed by atoms with Gasteiger partial charge in [-0.2, -0.15) is 4.31 Å². The molecular weight excluding hydrogens is 360 g/mol. The summed E-state index contributed by atoms with van der Waals surface area (Å²) in [6, 6.07) is 10.5. The lowest BCUT2D eigenvalue weighted by Crippen LogP contribution is -2.51. The van der Waals surface area contributed by atoms with Crippen LogP contribution in [-0.2, 0) is 10.0 Å². The fourth-order valence-electron chi connectivity index (χ4n) is 3.53. The number of piperidine rings is 1. The second-order valence-corrected chi connectivity index (χ2v) is 8.21. The summed E-state index contributed by atoms with van der Waals surface area (Å²) in [5.41, 5.74) is 6.06. The molecule has 2 atom stereocenters. The highest BCUT2D eigenvalue weighted by Crippen LogP contribution is 2.34. The normalized spacial score (nSPS) is 20.0. The highest BCUT2D eigenvalue weighted by atomic mass is 35.5. The fraction of sp³-hybridized carbons (Fsp3) is 0.444. The van der Waals surface area contributed by atoms with Gasteiger partial charge in [-0.25, -0.2) is 8.42 Å². The molecule has 2 N–H and O–H groups in total. The maximum atomic E-state index is 13.3. The third kappa shape index (κ3) is 3.62. The van der Waals surface area contributed by atoms with Gasteiger partial charge in [-0.15, -0.1) is 12.4 Å². The number of methoxy groups -OCH3 is 1. The van der Waals surface area contributed by atoms with Crippen molar-refractivity contribution in [1.82, 2.24) is 4.31 Å². The predicted octanol–water partition coefficient (Wildman–Crippen LogP) is 3.16. The lowest BCUT2D eigenvalue weighted by molar-refractivity contribution is 0.227. The number of nitrogens with zero attached hydrogens (tertiary/aromatic N) is 1. The van der Waals surface area contributed by atoms with Crippen LogP contribution in [0.3, 0.4) is 0 Å². The molecule has 3 rings (SSSR count). The summed E-state index contributed by atoms with van der Waals surface area (Å²) in [7, 11) is -2.02. The molecule has 5 nitrogen and oxygen atoms in total. The van der Waals surface area contributed by atoms with Crippen LogP contribution >= 0.6 is 12.4 Å². The van der Waals surface area contributed by atoms with E-state index in [1.807, 2.05) is 31.2 Å². The molecule has 0 spiro atoms. The number of sulfonamides is 1. The Labute approximate surface area is 155 Å². The van der Waals surface area contributed by atoms with Crippen LogP contribution in [0.1, 0.15) is 26.2 Å². The minimum absolute atomic E-state index is 0. The molecule has 7 heteroatoms. The van der Waals surface area contributed by atoms with E-state index in [0.717, 1.165) is 24.6 Å². The number of halogens is 1. The first kappa shape index (κ1) is 20.0. The van der Waals surface area contributed by atoms with Crippen LogP contribution in [0.4, 0.5) is 0 Å². The zero-order valence-corrected chi connectivity index (χ0v) is 16.1. The van der Waals surface area contributed by atoms with Crippen LogP contribution in [0, 0.1) is 0 Å². The summed E-state index contributed by atoms with van der Waals surface area (Å²) in [6.45, 7) is 2.40. The molecule has 0 aromatic heterocycles. The molecule has 25 heavy (non-hydrogen) atoms. The largest absolute Gasteiger partial charge is 0.496 e. The summed E-state index contributed by atoms with van der Waals surface area (Å²) in [5, 5.41) is 1.49. The molecule has 2 aromatic carbocycles. The molecular formula is C18H25ClN2O3S. The fourth-order valence-corrected chi connectivity index (χ4v) is 5.50. The minimum Gasteiger partial charge on any atom is -0.496 e. The van der Waals surface area contributed by atoms with E-state index in [-0.39, 0.29) is 24.5 Å². The third-order valence-corrected chi connectivity index (χ3v) is 6.74. The van der Waals surface area contributed by atoms with E-state index in [2.05, 4.69) is 0 Å². The van der Waals surface area contributed by atoms with E-state index >= 15 is 0 Å². The van der Waals surface area contributed by atoms with Gasteiger partial charge >= 0.3 is 0 Å². The minimum atomic E-state index is -3.61. The maximum Gasteiger partial charge on any atom is 0.243 e. The van der Waals surface area contributed by atoms with Gasteiger partial charge in [0.2, 0.25) is 10.0 Å². The van der Waals surface area contributed by atoms with E-state index < -0.39 is 10.0 Å². The lowest BCUT2D eigenvalue weighted by Gasteiger charge is -2.37.